The second-order valence-corrected chi connectivity index (χ2v) is 2.70. The van der Waals surface area contributed by atoms with Gasteiger partial charge in [-0.2, -0.15) is 4.37 Å². The van der Waals surface area contributed by atoms with Crippen LogP contribution in [0.1, 0.15) is 17.4 Å². The maximum absolute atomic E-state index is 11.0. The van der Waals surface area contributed by atoms with Crippen LogP contribution in [0.4, 0.5) is 0 Å². The largest absolute Gasteiger partial charge is 0.321 e. The summed E-state index contributed by atoms with van der Waals surface area (Å²) in [5.41, 5.74) is 5.81. The van der Waals surface area contributed by atoms with Gasteiger partial charge in [-0.25, -0.2) is 0 Å². The summed E-state index contributed by atoms with van der Waals surface area (Å²) in [7, 11) is 0. The van der Waals surface area contributed by atoms with Crippen LogP contribution in [0.15, 0.2) is 11.4 Å². The van der Waals surface area contributed by atoms with Gasteiger partial charge in [-0.05, 0) is 24.5 Å². The highest BCUT2D eigenvalue weighted by atomic mass is 32.1. The average Bonchev–Trinajstić information content (AvgIpc) is 2.36. The van der Waals surface area contributed by atoms with E-state index in [1.54, 1.807) is 18.4 Å². The number of ketones is 1. The van der Waals surface area contributed by atoms with Gasteiger partial charge in [0.2, 0.25) is 0 Å². The lowest BCUT2D eigenvalue weighted by Crippen LogP contribution is -2.26. The molecule has 10 heavy (non-hydrogen) atoms. The maximum Gasteiger partial charge on any atom is 0.198 e. The van der Waals surface area contributed by atoms with Gasteiger partial charge in [-0.3, -0.25) is 4.79 Å². The van der Waals surface area contributed by atoms with Crippen LogP contribution >= 0.6 is 11.5 Å². The lowest BCUT2D eigenvalue weighted by atomic mass is 10.2. The van der Waals surface area contributed by atoms with Crippen LogP contribution in [0, 0.1) is 0 Å². The molecule has 0 amide bonds. The van der Waals surface area contributed by atoms with Gasteiger partial charge in [-0.15, -0.1) is 0 Å². The van der Waals surface area contributed by atoms with Gasteiger partial charge in [0.25, 0.3) is 0 Å². The number of hydrogen-bond acceptors (Lipinski definition) is 4. The van der Waals surface area contributed by atoms with Crippen molar-refractivity contribution in [3.8, 4) is 0 Å². The van der Waals surface area contributed by atoms with E-state index in [-0.39, 0.29) is 5.78 Å². The molecule has 1 heterocycles. The summed E-state index contributed by atoms with van der Waals surface area (Å²) in [6.07, 6.45) is 0. The Morgan fingerprint density at radius 3 is 3.00 bits per heavy atom. The van der Waals surface area contributed by atoms with Gasteiger partial charge in [0.05, 0.1) is 6.04 Å². The zero-order valence-electron chi connectivity index (χ0n) is 5.57. The molecule has 2 N–H and O–H groups in total. The summed E-state index contributed by atoms with van der Waals surface area (Å²) in [5, 5.41) is 1.76. The highest BCUT2D eigenvalue weighted by Crippen LogP contribution is 2.01. The molecule has 0 fully saturated rings. The number of carbonyl (C=O) groups excluding carboxylic acids is 1. The number of aromatic nitrogens is 1. The molecular weight excluding hydrogens is 148 g/mol. The molecule has 0 aliphatic heterocycles. The Labute approximate surface area is 63.0 Å². The Balaban J connectivity index is 2.78. The van der Waals surface area contributed by atoms with Crippen LogP contribution in [-0.2, 0) is 0 Å². The van der Waals surface area contributed by atoms with E-state index in [0.29, 0.717) is 5.69 Å². The fourth-order valence-electron chi connectivity index (χ4n) is 0.573. The number of nitrogens with zero attached hydrogens (tertiary/aromatic N) is 1. The van der Waals surface area contributed by atoms with Crippen LogP contribution in [0.2, 0.25) is 0 Å². The minimum atomic E-state index is -0.443. The van der Waals surface area contributed by atoms with E-state index in [9.17, 15) is 4.79 Å². The zero-order chi connectivity index (χ0) is 7.56. The number of hydrogen-bond donors (Lipinski definition) is 1. The van der Waals surface area contributed by atoms with Gasteiger partial charge in [0.15, 0.2) is 5.78 Å². The Hall–Kier alpha value is -0.740. The molecule has 0 aliphatic rings. The lowest BCUT2D eigenvalue weighted by molar-refractivity contribution is 0.0964. The second-order valence-electron chi connectivity index (χ2n) is 2.04. The Bertz CT molecular complexity index is 218. The molecule has 0 saturated carbocycles. The van der Waals surface area contributed by atoms with E-state index in [1.807, 2.05) is 0 Å². The molecule has 0 spiro atoms. The first-order valence-electron chi connectivity index (χ1n) is 2.92. The maximum atomic E-state index is 11.0. The van der Waals surface area contributed by atoms with Crippen LogP contribution < -0.4 is 5.73 Å². The Kier molecular flexibility index (Phi) is 2.13. The molecule has 1 rings (SSSR count). The molecule has 0 unspecified atom stereocenters. The third-order valence-electron chi connectivity index (χ3n) is 1.10. The summed E-state index contributed by atoms with van der Waals surface area (Å²) < 4.78 is 3.85. The normalized spacial score (nSPS) is 13.0. The van der Waals surface area contributed by atoms with E-state index < -0.39 is 6.04 Å². The van der Waals surface area contributed by atoms with E-state index in [2.05, 4.69) is 4.37 Å². The van der Waals surface area contributed by atoms with E-state index in [4.69, 9.17) is 5.73 Å². The minimum Gasteiger partial charge on any atom is -0.321 e. The Morgan fingerprint density at radius 2 is 2.60 bits per heavy atom. The highest BCUT2D eigenvalue weighted by molar-refractivity contribution is 7.03. The predicted octanol–water partition coefficient (Wildman–Crippen LogP) is 0.673. The zero-order valence-corrected chi connectivity index (χ0v) is 6.39. The van der Waals surface area contributed by atoms with Crippen molar-refractivity contribution >= 4 is 17.3 Å². The minimum absolute atomic E-state index is 0.0961. The average molecular weight is 156 g/mol. The first kappa shape index (κ1) is 7.37. The predicted molar refractivity (Wildman–Crippen MR) is 40.1 cm³/mol. The third-order valence-corrected chi connectivity index (χ3v) is 1.66. The van der Waals surface area contributed by atoms with Crippen molar-refractivity contribution in [3.05, 3.63) is 17.1 Å². The van der Waals surface area contributed by atoms with Crippen molar-refractivity contribution in [2.75, 3.05) is 0 Å². The smallest absolute Gasteiger partial charge is 0.198 e. The molecule has 0 saturated heterocycles. The van der Waals surface area contributed by atoms with Gasteiger partial charge in [-0.1, -0.05) is 0 Å². The molecule has 0 bridgehead atoms. The highest BCUT2D eigenvalue weighted by Gasteiger charge is 2.11. The number of Topliss-reactive ketones (excluding diaryl/α,β-unsaturated/α-hetero) is 1. The van der Waals surface area contributed by atoms with Gasteiger partial charge in [0.1, 0.15) is 5.69 Å². The molecule has 1 aromatic heterocycles. The summed E-state index contributed by atoms with van der Waals surface area (Å²) >= 11 is 1.26. The molecule has 0 aliphatic carbocycles. The third kappa shape index (κ3) is 1.40. The fraction of sp³-hybridized carbons (Fsp3) is 0.333. The van der Waals surface area contributed by atoms with Crippen LogP contribution in [0.5, 0.6) is 0 Å². The van der Waals surface area contributed by atoms with Crippen molar-refractivity contribution in [1.82, 2.24) is 4.37 Å². The molecular formula is C6H8N2OS. The fourth-order valence-corrected chi connectivity index (χ4v) is 1.09. The molecule has 4 heteroatoms. The van der Waals surface area contributed by atoms with E-state index in [0.717, 1.165) is 0 Å². The monoisotopic (exact) mass is 156 g/mol. The lowest BCUT2D eigenvalue weighted by Gasteiger charge is -1.97. The number of carbonyl (C=O) groups is 1. The molecule has 1 aromatic rings. The van der Waals surface area contributed by atoms with Crippen LogP contribution in [0.25, 0.3) is 0 Å². The van der Waals surface area contributed by atoms with Gasteiger partial charge >= 0.3 is 0 Å². The molecule has 3 nitrogen and oxygen atoms in total. The quantitative estimate of drug-likeness (QED) is 0.640. The van der Waals surface area contributed by atoms with Crippen LogP contribution in [0.3, 0.4) is 0 Å². The number of rotatable bonds is 2. The van der Waals surface area contributed by atoms with E-state index >= 15 is 0 Å². The van der Waals surface area contributed by atoms with Gasteiger partial charge < -0.3 is 5.73 Å². The topological polar surface area (TPSA) is 56.0 Å². The SMILES string of the molecule is C[C@H](N)C(=O)c1ccsn1. The van der Waals surface area contributed by atoms with E-state index in [1.165, 1.54) is 11.5 Å². The molecule has 0 radical (unpaired) electrons. The van der Waals surface area contributed by atoms with Crippen molar-refractivity contribution in [1.29, 1.82) is 0 Å². The molecule has 0 aromatic carbocycles. The van der Waals surface area contributed by atoms with Crippen LogP contribution in [-0.4, -0.2) is 16.2 Å². The molecule has 1 atom stereocenters. The van der Waals surface area contributed by atoms with Crippen molar-refractivity contribution in [3.63, 3.8) is 0 Å². The summed E-state index contributed by atoms with van der Waals surface area (Å²) in [4.78, 5) is 11.0. The van der Waals surface area contributed by atoms with Crippen molar-refractivity contribution < 1.29 is 4.79 Å². The first-order valence-corrected chi connectivity index (χ1v) is 3.75. The first-order chi connectivity index (χ1) is 4.72. The van der Waals surface area contributed by atoms with Crippen molar-refractivity contribution in [2.24, 2.45) is 5.73 Å². The summed E-state index contributed by atoms with van der Waals surface area (Å²) in [6.45, 7) is 1.65. The van der Waals surface area contributed by atoms with Crippen molar-refractivity contribution in [2.45, 2.75) is 13.0 Å². The Morgan fingerprint density at radius 1 is 1.90 bits per heavy atom. The second kappa shape index (κ2) is 2.90. The molecule has 54 valence electrons. The summed E-state index contributed by atoms with van der Waals surface area (Å²) in [5.74, 6) is -0.0961. The summed E-state index contributed by atoms with van der Waals surface area (Å²) in [6, 6.07) is 1.23. The van der Waals surface area contributed by atoms with Gasteiger partial charge in [0, 0.05) is 5.38 Å². The standard InChI is InChI=1S/C6H8N2OS/c1-4(7)6(9)5-2-3-10-8-5/h2-4H,7H2,1H3/t4-/m0/s1. The number of nitrogens with two attached hydrogens (primary N) is 1.